The number of nitrogens with one attached hydrogen (secondary N) is 3. The number of carbonyl (C=O) groups excluding carboxylic acids is 1. The number of morpholine rings is 1. The molecule has 0 aliphatic carbocycles. The van der Waals surface area contributed by atoms with Crippen molar-refractivity contribution in [2.75, 3.05) is 43.1 Å². The highest BCUT2D eigenvalue weighted by Crippen LogP contribution is 2.20. The number of thioether (sulfide) groups is 1. The molecular weight excluding hydrogens is 446 g/mol. The van der Waals surface area contributed by atoms with Crippen LogP contribution in [0, 0.1) is 0 Å². The molecule has 0 radical (unpaired) electrons. The van der Waals surface area contributed by atoms with Gasteiger partial charge in [0, 0.05) is 18.8 Å². The number of nitrogens with zero attached hydrogens (tertiary/aromatic N) is 3. The summed E-state index contributed by atoms with van der Waals surface area (Å²) in [6.07, 6.45) is 0. The second-order valence-electron chi connectivity index (χ2n) is 6.57. The molecule has 0 saturated carbocycles. The van der Waals surface area contributed by atoms with E-state index in [1.807, 2.05) is 0 Å². The number of benzene rings is 1. The number of hydrogen-bond donors (Lipinski definition) is 4. The van der Waals surface area contributed by atoms with Gasteiger partial charge in [0.05, 0.1) is 23.9 Å². The number of nitrogen functional groups attached to an aromatic ring is 1. The lowest BCUT2D eigenvalue weighted by Crippen LogP contribution is -2.40. The number of aromatic nitrogens is 4. The first-order valence-electron chi connectivity index (χ1n) is 9.19. The summed E-state index contributed by atoms with van der Waals surface area (Å²) in [4.78, 5) is 37.4. The number of hydrogen-bond acceptors (Lipinski definition) is 9. The van der Waals surface area contributed by atoms with Gasteiger partial charge in [-0.2, -0.15) is 9.29 Å². The van der Waals surface area contributed by atoms with Crippen molar-refractivity contribution in [2.45, 2.75) is 10.1 Å². The van der Waals surface area contributed by atoms with Gasteiger partial charge in [-0.25, -0.2) is 13.4 Å². The van der Waals surface area contributed by atoms with Crippen molar-refractivity contribution in [1.82, 2.24) is 24.2 Å². The van der Waals surface area contributed by atoms with E-state index >= 15 is 0 Å². The van der Waals surface area contributed by atoms with Crippen LogP contribution >= 0.6 is 11.8 Å². The van der Waals surface area contributed by atoms with Crippen LogP contribution in [0.4, 0.5) is 11.6 Å². The van der Waals surface area contributed by atoms with Crippen LogP contribution in [0.15, 0.2) is 39.1 Å². The van der Waals surface area contributed by atoms with E-state index in [1.165, 1.54) is 28.6 Å². The van der Waals surface area contributed by atoms with Gasteiger partial charge in [0.15, 0.2) is 16.3 Å². The normalized spacial score (nSPS) is 15.2. The minimum atomic E-state index is -3.59. The largest absolute Gasteiger partial charge is 0.379 e. The number of aromatic amines is 2. The fourth-order valence-electron chi connectivity index (χ4n) is 2.95. The molecule has 0 unspecified atom stereocenters. The fourth-order valence-corrected chi connectivity index (χ4v) is 5.02. The first-order valence-corrected chi connectivity index (χ1v) is 11.6. The SMILES string of the molecule is Nc1nc2nc(SCC(=O)Nc3ccc(S(=O)(=O)N4CCOCC4)cc3)[nH]c2c(=O)[nH]1. The molecule has 4 rings (SSSR count). The second-order valence-corrected chi connectivity index (χ2v) is 9.47. The van der Waals surface area contributed by atoms with Gasteiger partial charge in [-0.05, 0) is 24.3 Å². The summed E-state index contributed by atoms with van der Waals surface area (Å²) in [7, 11) is -3.59. The maximum Gasteiger partial charge on any atom is 0.278 e. The monoisotopic (exact) mass is 465 g/mol. The summed E-state index contributed by atoms with van der Waals surface area (Å²) in [6.45, 7) is 1.36. The summed E-state index contributed by atoms with van der Waals surface area (Å²) in [5, 5.41) is 3.04. The number of sulfonamides is 1. The van der Waals surface area contributed by atoms with E-state index in [0.717, 1.165) is 11.8 Å². The number of amides is 1. The van der Waals surface area contributed by atoms with Crippen molar-refractivity contribution < 1.29 is 17.9 Å². The smallest absolute Gasteiger partial charge is 0.278 e. The zero-order valence-electron chi connectivity index (χ0n) is 16.1. The summed E-state index contributed by atoms with van der Waals surface area (Å²) in [5.74, 6) is -0.353. The van der Waals surface area contributed by atoms with E-state index in [4.69, 9.17) is 10.5 Å². The highest BCUT2D eigenvalue weighted by Gasteiger charge is 2.26. The Morgan fingerprint density at radius 2 is 1.90 bits per heavy atom. The summed E-state index contributed by atoms with van der Waals surface area (Å²) >= 11 is 1.09. The van der Waals surface area contributed by atoms with Crippen LogP contribution in [0.1, 0.15) is 0 Å². The Bertz CT molecular complexity index is 1260. The Morgan fingerprint density at radius 1 is 1.19 bits per heavy atom. The molecule has 31 heavy (non-hydrogen) atoms. The van der Waals surface area contributed by atoms with Gasteiger partial charge in [0.1, 0.15) is 0 Å². The predicted octanol–water partition coefficient (Wildman–Crippen LogP) is -0.0199. The molecule has 0 spiro atoms. The molecule has 1 aliphatic rings. The predicted molar refractivity (Wildman–Crippen MR) is 114 cm³/mol. The summed E-state index contributed by atoms with van der Waals surface area (Å²) in [6, 6.07) is 5.97. The minimum Gasteiger partial charge on any atom is -0.379 e. The van der Waals surface area contributed by atoms with E-state index < -0.39 is 15.6 Å². The van der Waals surface area contributed by atoms with Crippen molar-refractivity contribution in [3.05, 3.63) is 34.6 Å². The first kappa shape index (κ1) is 21.3. The quantitative estimate of drug-likeness (QED) is 0.364. The number of imidazole rings is 1. The molecule has 0 atom stereocenters. The van der Waals surface area contributed by atoms with Gasteiger partial charge < -0.3 is 20.8 Å². The standard InChI is InChI=1S/C17H19N7O5S2/c18-16-21-14-13(15(26)23-16)20-17(22-14)30-9-12(25)19-10-1-3-11(4-2-10)31(27,28)24-5-7-29-8-6-24/h1-4H,5-9H2,(H,19,25)(H4,18,20,21,22,23,26). The average Bonchev–Trinajstić information content (AvgIpc) is 3.17. The number of ether oxygens (including phenoxy) is 1. The highest BCUT2D eigenvalue weighted by molar-refractivity contribution is 7.99. The van der Waals surface area contributed by atoms with Crippen LogP contribution in [0.25, 0.3) is 11.2 Å². The molecule has 3 heterocycles. The van der Waals surface area contributed by atoms with Crippen LogP contribution in [0.5, 0.6) is 0 Å². The molecule has 5 N–H and O–H groups in total. The molecule has 1 aromatic carbocycles. The summed E-state index contributed by atoms with van der Waals surface area (Å²) < 4.78 is 31.8. The number of fused-ring (bicyclic) bond motifs is 1. The Hall–Kier alpha value is -2.94. The maximum absolute atomic E-state index is 12.6. The Kier molecular flexibility index (Phi) is 5.95. The van der Waals surface area contributed by atoms with Crippen molar-refractivity contribution in [2.24, 2.45) is 0 Å². The van der Waals surface area contributed by atoms with Crippen LogP contribution < -0.4 is 16.6 Å². The number of H-pyrrole nitrogens is 2. The third-order valence-electron chi connectivity index (χ3n) is 4.44. The van der Waals surface area contributed by atoms with Crippen molar-refractivity contribution >= 4 is 50.5 Å². The van der Waals surface area contributed by atoms with E-state index in [2.05, 4.69) is 25.3 Å². The molecule has 1 amide bonds. The van der Waals surface area contributed by atoms with Gasteiger partial charge in [0.2, 0.25) is 21.9 Å². The van der Waals surface area contributed by atoms with Crippen molar-refractivity contribution in [3.8, 4) is 0 Å². The molecule has 3 aromatic rings. The minimum absolute atomic E-state index is 0.0149. The van der Waals surface area contributed by atoms with E-state index in [0.29, 0.717) is 37.1 Å². The van der Waals surface area contributed by atoms with Crippen LogP contribution in [0.2, 0.25) is 0 Å². The Balaban J connectivity index is 1.37. The molecule has 164 valence electrons. The number of rotatable bonds is 6. The number of nitrogens with two attached hydrogens (primary N) is 1. The molecule has 0 bridgehead atoms. The second kappa shape index (κ2) is 8.66. The Morgan fingerprint density at radius 3 is 2.61 bits per heavy atom. The van der Waals surface area contributed by atoms with Gasteiger partial charge in [-0.1, -0.05) is 11.8 Å². The Labute approximate surface area is 180 Å². The first-order chi connectivity index (χ1) is 14.8. The highest BCUT2D eigenvalue weighted by atomic mass is 32.2. The van der Waals surface area contributed by atoms with Crippen LogP contribution in [-0.4, -0.2) is 70.6 Å². The molecule has 12 nitrogen and oxygen atoms in total. The van der Waals surface area contributed by atoms with Crippen LogP contribution in [0.3, 0.4) is 0 Å². The zero-order chi connectivity index (χ0) is 22.0. The van der Waals surface area contributed by atoms with Gasteiger partial charge >= 0.3 is 0 Å². The van der Waals surface area contributed by atoms with E-state index in [1.54, 1.807) is 0 Å². The van der Waals surface area contributed by atoms with E-state index in [9.17, 15) is 18.0 Å². The number of anilines is 2. The lowest BCUT2D eigenvalue weighted by atomic mass is 10.3. The van der Waals surface area contributed by atoms with Crippen molar-refractivity contribution in [1.29, 1.82) is 0 Å². The third kappa shape index (κ3) is 4.71. The van der Waals surface area contributed by atoms with Gasteiger partial charge in [0.25, 0.3) is 5.56 Å². The molecule has 1 saturated heterocycles. The molecular formula is C17H19N7O5S2. The van der Waals surface area contributed by atoms with Crippen LogP contribution in [-0.2, 0) is 19.6 Å². The third-order valence-corrected chi connectivity index (χ3v) is 7.23. The summed E-state index contributed by atoms with van der Waals surface area (Å²) in [5.41, 5.74) is 5.84. The maximum atomic E-state index is 12.6. The lowest BCUT2D eigenvalue weighted by molar-refractivity contribution is -0.113. The zero-order valence-corrected chi connectivity index (χ0v) is 17.8. The lowest BCUT2D eigenvalue weighted by Gasteiger charge is -2.26. The van der Waals surface area contributed by atoms with Gasteiger partial charge in [-0.15, -0.1) is 0 Å². The molecule has 1 aliphatic heterocycles. The van der Waals surface area contributed by atoms with E-state index in [-0.39, 0.29) is 33.7 Å². The van der Waals surface area contributed by atoms with Gasteiger partial charge in [-0.3, -0.25) is 14.6 Å². The van der Waals surface area contributed by atoms with Crippen molar-refractivity contribution in [3.63, 3.8) is 0 Å². The number of carbonyl (C=O) groups is 1. The topological polar surface area (TPSA) is 176 Å². The fraction of sp³-hybridized carbons (Fsp3) is 0.294. The average molecular weight is 466 g/mol. The molecule has 1 fully saturated rings. The molecule has 14 heteroatoms. The molecule has 2 aromatic heterocycles.